The second-order valence-electron chi connectivity index (χ2n) is 9.05. The standard InChI is InChI=1S/C22H35FN6O3S/c1-24-8-16-28(17-9-24)33(31,32)29-18-10-25(11-19-29)7-6-22(30)27-14-12-26(13-15-27)21-4-2-20(23)3-5-21/h2-5H,6-19H2,1H3. The summed E-state index contributed by atoms with van der Waals surface area (Å²) in [6.45, 7) is 8.30. The summed E-state index contributed by atoms with van der Waals surface area (Å²) >= 11 is 0. The van der Waals surface area contributed by atoms with Gasteiger partial charge in [0.15, 0.2) is 0 Å². The fourth-order valence-electron chi connectivity index (χ4n) is 4.64. The molecule has 1 aromatic rings. The summed E-state index contributed by atoms with van der Waals surface area (Å²) in [5, 5.41) is 0. The molecule has 9 nitrogen and oxygen atoms in total. The summed E-state index contributed by atoms with van der Waals surface area (Å²) in [6, 6.07) is 6.47. The van der Waals surface area contributed by atoms with Crippen LogP contribution in [0.25, 0.3) is 0 Å². The average Bonchev–Trinajstić information content (AvgIpc) is 2.84. The van der Waals surface area contributed by atoms with Crippen LogP contribution < -0.4 is 4.90 Å². The molecule has 0 aromatic heterocycles. The molecule has 3 aliphatic rings. The Morgan fingerprint density at radius 2 is 1.36 bits per heavy atom. The third-order valence-corrected chi connectivity index (χ3v) is 8.95. The number of rotatable bonds is 6. The van der Waals surface area contributed by atoms with Crippen LogP contribution in [0.15, 0.2) is 24.3 Å². The van der Waals surface area contributed by atoms with E-state index < -0.39 is 10.2 Å². The van der Waals surface area contributed by atoms with Crippen molar-refractivity contribution in [3.63, 3.8) is 0 Å². The van der Waals surface area contributed by atoms with Crippen molar-refractivity contribution in [2.45, 2.75) is 6.42 Å². The Kier molecular flexibility index (Phi) is 7.85. The molecular weight excluding hydrogens is 447 g/mol. The summed E-state index contributed by atoms with van der Waals surface area (Å²) < 4.78 is 42.1. The maximum absolute atomic E-state index is 13.1. The number of carbonyl (C=O) groups is 1. The van der Waals surface area contributed by atoms with Gasteiger partial charge in [-0.05, 0) is 31.3 Å². The fourth-order valence-corrected chi connectivity index (χ4v) is 6.22. The minimum absolute atomic E-state index is 0.140. The van der Waals surface area contributed by atoms with E-state index in [2.05, 4.69) is 14.7 Å². The largest absolute Gasteiger partial charge is 0.368 e. The lowest BCUT2D eigenvalue weighted by Crippen LogP contribution is -2.56. The van der Waals surface area contributed by atoms with Gasteiger partial charge in [0.2, 0.25) is 5.91 Å². The second-order valence-corrected chi connectivity index (χ2v) is 11.0. The SMILES string of the molecule is CN1CCN(S(=O)(=O)N2CCN(CCC(=O)N3CCN(c4ccc(F)cc4)CC3)CC2)CC1. The molecule has 3 aliphatic heterocycles. The number of hydrogen-bond acceptors (Lipinski definition) is 6. The molecule has 184 valence electrons. The van der Waals surface area contributed by atoms with Crippen molar-refractivity contribution in [1.29, 1.82) is 0 Å². The fraction of sp³-hybridized carbons (Fsp3) is 0.682. The van der Waals surface area contributed by atoms with E-state index in [9.17, 15) is 17.6 Å². The topological polar surface area (TPSA) is 70.7 Å². The summed E-state index contributed by atoms with van der Waals surface area (Å²) in [6.07, 6.45) is 0.446. The van der Waals surface area contributed by atoms with Gasteiger partial charge in [-0.2, -0.15) is 17.0 Å². The highest BCUT2D eigenvalue weighted by atomic mass is 32.2. The molecular formula is C22H35FN6O3S. The van der Waals surface area contributed by atoms with Crippen LogP contribution in [0.5, 0.6) is 0 Å². The van der Waals surface area contributed by atoms with Gasteiger partial charge in [0, 0.05) is 97.2 Å². The van der Waals surface area contributed by atoms with Gasteiger partial charge in [-0.15, -0.1) is 0 Å². The van der Waals surface area contributed by atoms with Crippen molar-refractivity contribution in [1.82, 2.24) is 23.3 Å². The summed E-state index contributed by atoms with van der Waals surface area (Å²) in [7, 11) is -1.39. The maximum atomic E-state index is 13.1. The highest BCUT2D eigenvalue weighted by Gasteiger charge is 2.34. The predicted molar refractivity (Wildman–Crippen MR) is 126 cm³/mol. The van der Waals surface area contributed by atoms with Crippen molar-refractivity contribution in [3.8, 4) is 0 Å². The first-order chi connectivity index (χ1) is 15.8. The molecule has 0 saturated carbocycles. The number of halogens is 1. The van der Waals surface area contributed by atoms with E-state index in [0.29, 0.717) is 65.3 Å². The minimum atomic E-state index is -3.40. The van der Waals surface area contributed by atoms with Crippen molar-refractivity contribution in [2.75, 3.05) is 97.0 Å². The number of likely N-dealkylation sites (N-methyl/N-ethyl adjacent to an activating group) is 1. The average molecular weight is 483 g/mol. The first-order valence-corrected chi connectivity index (χ1v) is 13.2. The zero-order valence-corrected chi connectivity index (χ0v) is 20.2. The summed E-state index contributed by atoms with van der Waals surface area (Å²) in [4.78, 5) is 21.1. The Bertz CT molecular complexity index is 891. The number of hydrogen-bond donors (Lipinski definition) is 0. The molecule has 1 amide bonds. The van der Waals surface area contributed by atoms with E-state index in [-0.39, 0.29) is 11.7 Å². The van der Waals surface area contributed by atoms with Crippen molar-refractivity contribution in [2.24, 2.45) is 0 Å². The van der Waals surface area contributed by atoms with Crippen molar-refractivity contribution < 1.29 is 17.6 Å². The Morgan fingerprint density at radius 1 is 0.818 bits per heavy atom. The second kappa shape index (κ2) is 10.6. The monoisotopic (exact) mass is 482 g/mol. The van der Waals surface area contributed by atoms with E-state index in [1.165, 1.54) is 12.1 Å². The van der Waals surface area contributed by atoms with Gasteiger partial charge in [-0.25, -0.2) is 4.39 Å². The molecule has 0 N–H and O–H groups in total. The van der Waals surface area contributed by atoms with Gasteiger partial charge < -0.3 is 19.6 Å². The first-order valence-electron chi connectivity index (χ1n) is 11.8. The van der Waals surface area contributed by atoms with Gasteiger partial charge in [-0.1, -0.05) is 0 Å². The first kappa shape index (κ1) is 24.3. The lowest BCUT2D eigenvalue weighted by atomic mass is 10.2. The molecule has 0 aliphatic carbocycles. The normalized spacial score (nSPS) is 22.6. The Hall–Kier alpha value is -1.79. The van der Waals surface area contributed by atoms with E-state index in [1.807, 2.05) is 11.9 Å². The van der Waals surface area contributed by atoms with Gasteiger partial charge >= 0.3 is 0 Å². The highest BCUT2D eigenvalue weighted by Crippen LogP contribution is 2.18. The van der Waals surface area contributed by atoms with Gasteiger partial charge in [-0.3, -0.25) is 4.79 Å². The van der Waals surface area contributed by atoms with Crippen LogP contribution in [0.2, 0.25) is 0 Å². The van der Waals surface area contributed by atoms with Gasteiger partial charge in [0.1, 0.15) is 5.82 Å². The quantitative estimate of drug-likeness (QED) is 0.568. The Labute approximate surface area is 196 Å². The lowest BCUT2D eigenvalue weighted by molar-refractivity contribution is -0.131. The van der Waals surface area contributed by atoms with E-state index in [1.54, 1.807) is 20.7 Å². The molecule has 0 radical (unpaired) electrons. The molecule has 0 unspecified atom stereocenters. The summed E-state index contributed by atoms with van der Waals surface area (Å²) in [5.74, 6) is -0.105. The molecule has 0 atom stereocenters. The van der Waals surface area contributed by atoms with Crippen molar-refractivity contribution >= 4 is 21.8 Å². The number of anilines is 1. The van der Waals surface area contributed by atoms with Crippen LogP contribution in [-0.2, 0) is 15.0 Å². The van der Waals surface area contributed by atoms with Crippen LogP contribution in [0.4, 0.5) is 10.1 Å². The number of piperazine rings is 3. The molecule has 0 spiro atoms. The smallest absolute Gasteiger partial charge is 0.282 e. The van der Waals surface area contributed by atoms with Crippen LogP contribution >= 0.6 is 0 Å². The van der Waals surface area contributed by atoms with Crippen LogP contribution in [0, 0.1) is 5.82 Å². The highest BCUT2D eigenvalue weighted by molar-refractivity contribution is 7.86. The number of amides is 1. The predicted octanol–water partition coefficient (Wildman–Crippen LogP) is -0.0258. The molecule has 1 aromatic carbocycles. The molecule has 11 heteroatoms. The van der Waals surface area contributed by atoms with E-state index >= 15 is 0 Å². The molecule has 4 rings (SSSR count). The van der Waals surface area contributed by atoms with Gasteiger partial charge in [0.25, 0.3) is 10.2 Å². The minimum Gasteiger partial charge on any atom is -0.368 e. The Morgan fingerprint density at radius 3 is 1.94 bits per heavy atom. The van der Waals surface area contributed by atoms with Crippen LogP contribution in [-0.4, -0.2) is 130 Å². The van der Waals surface area contributed by atoms with Crippen molar-refractivity contribution in [3.05, 3.63) is 30.1 Å². The number of carbonyl (C=O) groups excluding carboxylic acids is 1. The number of benzene rings is 1. The Balaban J connectivity index is 1.17. The molecule has 3 heterocycles. The van der Waals surface area contributed by atoms with E-state index in [0.717, 1.165) is 31.9 Å². The molecule has 3 fully saturated rings. The zero-order valence-electron chi connectivity index (χ0n) is 19.4. The maximum Gasteiger partial charge on any atom is 0.282 e. The molecule has 0 bridgehead atoms. The summed E-state index contributed by atoms with van der Waals surface area (Å²) in [5.41, 5.74) is 0.980. The third kappa shape index (κ3) is 6.02. The number of nitrogens with zero attached hydrogens (tertiary/aromatic N) is 6. The zero-order chi connectivity index (χ0) is 23.4. The molecule has 3 saturated heterocycles. The van der Waals surface area contributed by atoms with Crippen LogP contribution in [0.1, 0.15) is 6.42 Å². The lowest BCUT2D eigenvalue weighted by Gasteiger charge is -2.39. The molecule has 33 heavy (non-hydrogen) atoms. The van der Waals surface area contributed by atoms with E-state index in [4.69, 9.17) is 0 Å². The third-order valence-electron chi connectivity index (χ3n) is 6.91. The van der Waals surface area contributed by atoms with Gasteiger partial charge in [0.05, 0.1) is 0 Å². The van der Waals surface area contributed by atoms with Crippen LogP contribution in [0.3, 0.4) is 0 Å².